The van der Waals surface area contributed by atoms with Gasteiger partial charge in [-0.1, -0.05) is 30.3 Å². The Morgan fingerprint density at radius 1 is 0.889 bits per heavy atom. The number of benzene rings is 2. The number of aromatic amines is 1. The van der Waals surface area contributed by atoms with Gasteiger partial charge in [-0.25, -0.2) is 4.68 Å². The molecule has 0 unspecified atom stereocenters. The van der Waals surface area contributed by atoms with Crippen molar-refractivity contribution in [3.05, 3.63) is 60.9 Å². The van der Waals surface area contributed by atoms with E-state index in [1.54, 1.807) is 0 Å². The molecular formula is C15H11N3. The molecule has 86 valence electrons. The predicted octanol–water partition coefficient (Wildman–Crippen LogP) is 3.51. The summed E-state index contributed by atoms with van der Waals surface area (Å²) in [6.07, 6.45) is 3.86. The van der Waals surface area contributed by atoms with E-state index >= 15 is 0 Å². The zero-order chi connectivity index (χ0) is 11.9. The SMILES string of the molecule is c1cc(-n2ncc3ccccc32)c2[nH]ccc2c1. The topological polar surface area (TPSA) is 33.6 Å². The van der Waals surface area contributed by atoms with Crippen molar-refractivity contribution in [3.8, 4) is 5.69 Å². The summed E-state index contributed by atoms with van der Waals surface area (Å²) < 4.78 is 1.98. The number of para-hydroxylation sites is 2. The Labute approximate surface area is 104 Å². The highest BCUT2D eigenvalue weighted by Crippen LogP contribution is 2.24. The van der Waals surface area contributed by atoms with Gasteiger partial charge in [0.15, 0.2) is 0 Å². The van der Waals surface area contributed by atoms with Crippen LogP contribution in [0, 0.1) is 0 Å². The van der Waals surface area contributed by atoms with Gasteiger partial charge in [0.05, 0.1) is 22.9 Å². The maximum atomic E-state index is 4.49. The van der Waals surface area contributed by atoms with Crippen LogP contribution in [0.25, 0.3) is 27.5 Å². The lowest BCUT2D eigenvalue weighted by molar-refractivity contribution is 0.916. The minimum Gasteiger partial charge on any atom is -0.359 e. The average Bonchev–Trinajstić information content (AvgIpc) is 3.05. The average molecular weight is 233 g/mol. The normalized spacial score (nSPS) is 11.3. The lowest BCUT2D eigenvalue weighted by atomic mass is 10.2. The first-order chi connectivity index (χ1) is 8.93. The minimum absolute atomic E-state index is 1.08. The molecule has 2 heterocycles. The van der Waals surface area contributed by atoms with Gasteiger partial charge >= 0.3 is 0 Å². The first-order valence-corrected chi connectivity index (χ1v) is 5.93. The lowest BCUT2D eigenvalue weighted by Gasteiger charge is -2.05. The van der Waals surface area contributed by atoms with Crippen LogP contribution in [0.2, 0.25) is 0 Å². The molecular weight excluding hydrogens is 222 g/mol. The van der Waals surface area contributed by atoms with Gasteiger partial charge in [0.1, 0.15) is 0 Å². The fourth-order valence-electron chi connectivity index (χ4n) is 2.41. The lowest BCUT2D eigenvalue weighted by Crippen LogP contribution is -1.96. The molecule has 0 aliphatic rings. The van der Waals surface area contributed by atoms with Crippen molar-refractivity contribution in [2.45, 2.75) is 0 Å². The second-order valence-electron chi connectivity index (χ2n) is 4.33. The molecule has 4 rings (SSSR count). The maximum Gasteiger partial charge on any atom is 0.0893 e. The largest absolute Gasteiger partial charge is 0.359 e. The fourth-order valence-corrected chi connectivity index (χ4v) is 2.41. The zero-order valence-corrected chi connectivity index (χ0v) is 9.67. The summed E-state index contributed by atoms with van der Waals surface area (Å²) in [7, 11) is 0. The summed E-state index contributed by atoms with van der Waals surface area (Å²) in [6, 6.07) is 16.5. The van der Waals surface area contributed by atoms with Crippen molar-refractivity contribution in [3.63, 3.8) is 0 Å². The quantitative estimate of drug-likeness (QED) is 0.536. The van der Waals surface area contributed by atoms with Gasteiger partial charge in [0.2, 0.25) is 0 Å². The predicted molar refractivity (Wildman–Crippen MR) is 72.9 cm³/mol. The third-order valence-electron chi connectivity index (χ3n) is 3.27. The van der Waals surface area contributed by atoms with Gasteiger partial charge in [-0.05, 0) is 18.2 Å². The van der Waals surface area contributed by atoms with Crippen molar-refractivity contribution >= 4 is 21.8 Å². The van der Waals surface area contributed by atoms with Gasteiger partial charge in [0, 0.05) is 17.0 Å². The van der Waals surface area contributed by atoms with E-state index < -0.39 is 0 Å². The van der Waals surface area contributed by atoms with Crippen molar-refractivity contribution in [2.75, 3.05) is 0 Å². The molecule has 0 fully saturated rings. The second-order valence-corrected chi connectivity index (χ2v) is 4.33. The smallest absolute Gasteiger partial charge is 0.0893 e. The zero-order valence-electron chi connectivity index (χ0n) is 9.67. The molecule has 0 spiro atoms. The Kier molecular flexibility index (Phi) is 1.83. The molecule has 18 heavy (non-hydrogen) atoms. The number of nitrogens with one attached hydrogen (secondary N) is 1. The number of hydrogen-bond acceptors (Lipinski definition) is 1. The molecule has 0 bridgehead atoms. The molecule has 0 amide bonds. The van der Waals surface area contributed by atoms with E-state index in [4.69, 9.17) is 0 Å². The van der Waals surface area contributed by atoms with Crippen molar-refractivity contribution in [2.24, 2.45) is 0 Å². The standard InChI is InChI=1S/C15H11N3/c1-2-6-13-12(4-1)10-17-18(13)14-7-3-5-11-8-9-16-15(11)14/h1-10,16H. The third kappa shape index (κ3) is 1.21. The highest BCUT2D eigenvalue weighted by molar-refractivity contribution is 5.90. The van der Waals surface area contributed by atoms with Gasteiger partial charge in [-0.3, -0.25) is 0 Å². The van der Waals surface area contributed by atoms with E-state index in [0.29, 0.717) is 0 Å². The van der Waals surface area contributed by atoms with Crippen LogP contribution in [0.5, 0.6) is 0 Å². The summed E-state index contributed by atoms with van der Waals surface area (Å²) in [5, 5.41) is 6.85. The van der Waals surface area contributed by atoms with Crippen LogP contribution in [0.15, 0.2) is 60.9 Å². The van der Waals surface area contributed by atoms with Gasteiger partial charge in [0.25, 0.3) is 0 Å². The number of fused-ring (bicyclic) bond motifs is 2. The van der Waals surface area contributed by atoms with Gasteiger partial charge in [-0.15, -0.1) is 0 Å². The minimum atomic E-state index is 1.08. The van der Waals surface area contributed by atoms with Crippen LogP contribution in [0.4, 0.5) is 0 Å². The molecule has 1 N–H and O–H groups in total. The van der Waals surface area contributed by atoms with E-state index in [9.17, 15) is 0 Å². The van der Waals surface area contributed by atoms with Gasteiger partial charge < -0.3 is 4.98 Å². The Hall–Kier alpha value is -2.55. The maximum absolute atomic E-state index is 4.49. The summed E-state index contributed by atoms with van der Waals surface area (Å²) in [6.45, 7) is 0. The number of hydrogen-bond donors (Lipinski definition) is 1. The highest BCUT2D eigenvalue weighted by atomic mass is 15.3. The summed E-state index contributed by atoms with van der Waals surface area (Å²) >= 11 is 0. The van der Waals surface area contributed by atoms with E-state index in [-0.39, 0.29) is 0 Å². The molecule has 2 aromatic carbocycles. The third-order valence-corrected chi connectivity index (χ3v) is 3.27. The van der Waals surface area contributed by atoms with Crippen molar-refractivity contribution < 1.29 is 0 Å². The summed E-state index contributed by atoms with van der Waals surface area (Å²) in [4.78, 5) is 3.28. The Bertz CT molecular complexity index is 839. The molecule has 3 heteroatoms. The Balaban J connectivity index is 2.10. The van der Waals surface area contributed by atoms with Gasteiger partial charge in [-0.2, -0.15) is 5.10 Å². The summed E-state index contributed by atoms with van der Waals surface area (Å²) in [5.74, 6) is 0. The van der Waals surface area contributed by atoms with Crippen LogP contribution in [0.1, 0.15) is 0 Å². The second kappa shape index (κ2) is 3.47. The molecule has 4 aromatic rings. The van der Waals surface area contributed by atoms with E-state index in [0.717, 1.165) is 22.1 Å². The number of nitrogens with zero attached hydrogens (tertiary/aromatic N) is 2. The monoisotopic (exact) mass is 233 g/mol. The van der Waals surface area contributed by atoms with E-state index in [2.05, 4.69) is 46.5 Å². The molecule has 0 radical (unpaired) electrons. The summed E-state index contributed by atoms with van der Waals surface area (Å²) in [5.41, 5.74) is 3.32. The van der Waals surface area contributed by atoms with Crippen molar-refractivity contribution in [1.29, 1.82) is 0 Å². The number of H-pyrrole nitrogens is 1. The Morgan fingerprint density at radius 3 is 2.78 bits per heavy atom. The first kappa shape index (κ1) is 9.48. The molecule has 0 atom stereocenters. The molecule has 3 nitrogen and oxygen atoms in total. The molecule has 2 aromatic heterocycles. The van der Waals surface area contributed by atoms with Crippen LogP contribution >= 0.6 is 0 Å². The van der Waals surface area contributed by atoms with E-state index in [1.807, 2.05) is 29.2 Å². The van der Waals surface area contributed by atoms with Crippen LogP contribution in [0.3, 0.4) is 0 Å². The van der Waals surface area contributed by atoms with Crippen LogP contribution < -0.4 is 0 Å². The van der Waals surface area contributed by atoms with Crippen molar-refractivity contribution in [1.82, 2.24) is 14.8 Å². The molecule has 0 aliphatic carbocycles. The van der Waals surface area contributed by atoms with Crippen LogP contribution in [-0.4, -0.2) is 14.8 Å². The Morgan fingerprint density at radius 2 is 1.78 bits per heavy atom. The highest BCUT2D eigenvalue weighted by Gasteiger charge is 2.07. The molecule has 0 saturated heterocycles. The first-order valence-electron chi connectivity index (χ1n) is 5.93. The number of rotatable bonds is 1. The van der Waals surface area contributed by atoms with E-state index in [1.165, 1.54) is 5.39 Å². The van der Waals surface area contributed by atoms with Crippen LogP contribution in [-0.2, 0) is 0 Å². The molecule has 0 saturated carbocycles. The molecule has 0 aliphatic heterocycles. The number of aromatic nitrogens is 3. The fraction of sp³-hybridized carbons (Fsp3) is 0.